The molecule has 0 unspecified atom stereocenters. The number of carbonyl (C=O) groups is 2. The lowest BCUT2D eigenvalue weighted by molar-refractivity contribution is -0.113. The number of hydrogen-bond acceptors (Lipinski definition) is 5. The van der Waals surface area contributed by atoms with Crippen molar-refractivity contribution in [1.82, 2.24) is 14.8 Å². The molecule has 138 valence electrons. The highest BCUT2D eigenvalue weighted by atomic mass is 32.2. The van der Waals surface area contributed by atoms with E-state index in [4.69, 9.17) is 5.11 Å². The second-order valence-corrected chi connectivity index (χ2v) is 6.79. The van der Waals surface area contributed by atoms with Gasteiger partial charge in [0, 0.05) is 19.2 Å². The molecule has 3 aromatic rings. The van der Waals surface area contributed by atoms with Crippen LogP contribution in [0.4, 0.5) is 5.69 Å². The fourth-order valence-electron chi connectivity index (χ4n) is 2.46. The second kappa shape index (κ2) is 8.50. The molecular weight excluding hydrogens is 364 g/mol. The highest BCUT2D eigenvalue weighted by Gasteiger charge is 2.12. The van der Waals surface area contributed by atoms with E-state index >= 15 is 0 Å². The molecule has 0 spiro atoms. The predicted octanol–water partition coefficient (Wildman–Crippen LogP) is 2.83. The molecule has 27 heavy (non-hydrogen) atoms. The van der Waals surface area contributed by atoms with E-state index < -0.39 is 5.97 Å². The minimum atomic E-state index is -1.04. The maximum Gasteiger partial charge on any atom is 0.335 e. The van der Waals surface area contributed by atoms with Crippen LogP contribution in [0.3, 0.4) is 0 Å². The van der Waals surface area contributed by atoms with E-state index in [1.807, 2.05) is 41.9 Å². The Labute approximate surface area is 160 Å². The highest BCUT2D eigenvalue weighted by molar-refractivity contribution is 7.99. The number of nitrogens with one attached hydrogen (secondary N) is 1. The molecule has 0 aliphatic heterocycles. The normalized spacial score (nSPS) is 10.6. The Morgan fingerprint density at radius 1 is 1.11 bits per heavy atom. The molecule has 0 atom stereocenters. The van der Waals surface area contributed by atoms with Gasteiger partial charge in [-0.05, 0) is 23.8 Å². The summed E-state index contributed by atoms with van der Waals surface area (Å²) in [5.74, 6) is -0.312. The highest BCUT2D eigenvalue weighted by Crippen LogP contribution is 2.18. The summed E-state index contributed by atoms with van der Waals surface area (Å²) in [6.45, 7) is 0. The molecule has 0 radical (unpaired) electrons. The number of thioether (sulfide) groups is 1. The van der Waals surface area contributed by atoms with E-state index in [0.29, 0.717) is 17.3 Å². The van der Waals surface area contributed by atoms with Crippen molar-refractivity contribution in [2.45, 2.75) is 11.6 Å². The van der Waals surface area contributed by atoms with Crippen LogP contribution in [0.2, 0.25) is 0 Å². The third-order valence-electron chi connectivity index (χ3n) is 3.86. The summed E-state index contributed by atoms with van der Waals surface area (Å²) in [4.78, 5) is 23.1. The first-order valence-corrected chi connectivity index (χ1v) is 9.19. The molecule has 2 aromatic carbocycles. The van der Waals surface area contributed by atoms with E-state index in [0.717, 1.165) is 11.4 Å². The molecule has 0 bridgehead atoms. The van der Waals surface area contributed by atoms with Crippen LogP contribution in [0.25, 0.3) is 0 Å². The first kappa shape index (κ1) is 18.7. The molecule has 0 aliphatic rings. The van der Waals surface area contributed by atoms with Crippen molar-refractivity contribution in [3.63, 3.8) is 0 Å². The summed E-state index contributed by atoms with van der Waals surface area (Å²) in [7, 11) is 1.87. The zero-order valence-corrected chi connectivity index (χ0v) is 15.4. The largest absolute Gasteiger partial charge is 0.478 e. The van der Waals surface area contributed by atoms with Gasteiger partial charge in [-0.25, -0.2) is 4.79 Å². The minimum absolute atomic E-state index is 0.124. The van der Waals surface area contributed by atoms with E-state index in [1.165, 1.54) is 23.9 Å². The number of hydrogen-bond donors (Lipinski definition) is 2. The van der Waals surface area contributed by atoms with Crippen molar-refractivity contribution in [2.24, 2.45) is 7.05 Å². The third kappa shape index (κ3) is 4.95. The van der Waals surface area contributed by atoms with Crippen molar-refractivity contribution < 1.29 is 14.7 Å². The van der Waals surface area contributed by atoms with Crippen molar-refractivity contribution in [3.8, 4) is 0 Å². The maximum atomic E-state index is 12.1. The molecule has 2 N–H and O–H groups in total. The number of aromatic nitrogens is 3. The lowest BCUT2D eigenvalue weighted by Crippen LogP contribution is -2.15. The fourth-order valence-corrected chi connectivity index (χ4v) is 3.19. The van der Waals surface area contributed by atoms with Crippen molar-refractivity contribution in [3.05, 3.63) is 71.5 Å². The van der Waals surface area contributed by atoms with Gasteiger partial charge in [-0.2, -0.15) is 0 Å². The lowest BCUT2D eigenvalue weighted by atomic mass is 10.1. The summed E-state index contributed by atoms with van der Waals surface area (Å²) in [5.41, 5.74) is 1.71. The smallest absolute Gasteiger partial charge is 0.335 e. The average Bonchev–Trinajstić information content (AvgIpc) is 3.01. The van der Waals surface area contributed by atoms with Gasteiger partial charge in [0.1, 0.15) is 5.82 Å². The van der Waals surface area contributed by atoms with Crippen LogP contribution >= 0.6 is 11.8 Å². The number of amides is 1. The molecule has 0 fully saturated rings. The first-order chi connectivity index (χ1) is 13.0. The number of carboxylic acids is 1. The molecule has 1 amide bonds. The molecular formula is C19H18N4O3S. The SMILES string of the molecule is Cn1c(Cc2ccccc2)nnc1SCC(=O)Nc1cccc(C(=O)O)c1. The van der Waals surface area contributed by atoms with E-state index in [-0.39, 0.29) is 17.2 Å². The summed E-state index contributed by atoms with van der Waals surface area (Å²) in [6.07, 6.45) is 0.666. The van der Waals surface area contributed by atoms with Gasteiger partial charge in [-0.15, -0.1) is 10.2 Å². The zero-order chi connectivity index (χ0) is 19.2. The van der Waals surface area contributed by atoms with Gasteiger partial charge < -0.3 is 15.0 Å². The lowest BCUT2D eigenvalue weighted by Gasteiger charge is -2.06. The van der Waals surface area contributed by atoms with Gasteiger partial charge in [0.2, 0.25) is 5.91 Å². The summed E-state index contributed by atoms with van der Waals surface area (Å²) in [5, 5.41) is 20.7. The average molecular weight is 382 g/mol. The fraction of sp³-hybridized carbons (Fsp3) is 0.158. The van der Waals surface area contributed by atoms with E-state index in [1.54, 1.807) is 12.1 Å². The number of rotatable bonds is 7. The molecule has 8 heteroatoms. The molecule has 7 nitrogen and oxygen atoms in total. The van der Waals surface area contributed by atoms with Crippen LogP contribution in [0.15, 0.2) is 59.8 Å². The van der Waals surface area contributed by atoms with Crippen LogP contribution in [0.5, 0.6) is 0 Å². The number of nitrogens with zero attached hydrogens (tertiary/aromatic N) is 3. The molecule has 1 aromatic heterocycles. The molecule has 0 saturated carbocycles. The zero-order valence-electron chi connectivity index (χ0n) is 14.6. The Morgan fingerprint density at radius 3 is 2.63 bits per heavy atom. The number of anilines is 1. The third-order valence-corrected chi connectivity index (χ3v) is 4.88. The molecule has 0 aliphatic carbocycles. The molecule has 3 rings (SSSR count). The predicted molar refractivity (Wildman–Crippen MR) is 103 cm³/mol. The van der Waals surface area contributed by atoms with Gasteiger partial charge in [0.25, 0.3) is 0 Å². The van der Waals surface area contributed by atoms with Gasteiger partial charge in [-0.3, -0.25) is 4.79 Å². The van der Waals surface area contributed by atoms with Crippen LogP contribution in [-0.4, -0.2) is 37.5 Å². The second-order valence-electron chi connectivity index (χ2n) is 5.84. The first-order valence-electron chi connectivity index (χ1n) is 8.21. The maximum absolute atomic E-state index is 12.1. The monoisotopic (exact) mass is 382 g/mol. The van der Waals surface area contributed by atoms with Crippen LogP contribution < -0.4 is 5.32 Å². The summed E-state index contributed by atoms with van der Waals surface area (Å²) < 4.78 is 1.87. The quantitative estimate of drug-likeness (QED) is 0.610. The Balaban J connectivity index is 1.58. The van der Waals surface area contributed by atoms with Gasteiger partial charge >= 0.3 is 5.97 Å². The van der Waals surface area contributed by atoms with Crippen LogP contribution in [0, 0.1) is 0 Å². The summed E-state index contributed by atoms with van der Waals surface area (Å²) in [6, 6.07) is 16.1. The van der Waals surface area contributed by atoms with E-state index in [9.17, 15) is 9.59 Å². The standard InChI is InChI=1S/C19H18N4O3S/c1-23-16(10-13-6-3-2-4-7-13)21-22-19(23)27-12-17(24)20-15-9-5-8-14(11-15)18(25)26/h2-9,11H,10,12H2,1H3,(H,20,24)(H,25,26). The van der Waals surface area contributed by atoms with Crippen molar-refractivity contribution in [2.75, 3.05) is 11.1 Å². The van der Waals surface area contributed by atoms with Crippen molar-refractivity contribution in [1.29, 1.82) is 0 Å². The number of carbonyl (C=O) groups excluding carboxylic acids is 1. The molecule has 0 saturated heterocycles. The number of aromatic carboxylic acids is 1. The number of benzene rings is 2. The topological polar surface area (TPSA) is 97.1 Å². The number of carboxylic acid groups (broad SMARTS) is 1. The Morgan fingerprint density at radius 2 is 1.89 bits per heavy atom. The van der Waals surface area contributed by atoms with Crippen LogP contribution in [0.1, 0.15) is 21.7 Å². The van der Waals surface area contributed by atoms with Gasteiger partial charge in [0.05, 0.1) is 11.3 Å². The summed E-state index contributed by atoms with van der Waals surface area (Å²) >= 11 is 1.28. The van der Waals surface area contributed by atoms with Crippen molar-refractivity contribution >= 4 is 29.3 Å². The Bertz CT molecular complexity index is 957. The molecule has 1 heterocycles. The van der Waals surface area contributed by atoms with Crippen LogP contribution in [-0.2, 0) is 18.3 Å². The Hall–Kier alpha value is -3.13. The minimum Gasteiger partial charge on any atom is -0.478 e. The Kier molecular flexibility index (Phi) is 5.87. The van der Waals surface area contributed by atoms with Gasteiger partial charge in [0.15, 0.2) is 5.16 Å². The van der Waals surface area contributed by atoms with Gasteiger partial charge in [-0.1, -0.05) is 48.2 Å². The van der Waals surface area contributed by atoms with E-state index in [2.05, 4.69) is 15.5 Å².